The Morgan fingerprint density at radius 2 is 1.57 bits per heavy atom. The fourth-order valence-electron chi connectivity index (χ4n) is 3.61. The lowest BCUT2D eigenvalue weighted by atomic mass is 10.2. The van der Waals surface area contributed by atoms with Crippen molar-refractivity contribution in [2.75, 3.05) is 25.5 Å². The van der Waals surface area contributed by atoms with Gasteiger partial charge in [0.05, 0.1) is 25.6 Å². The van der Waals surface area contributed by atoms with Crippen LogP contribution in [0, 0.1) is 0 Å². The highest BCUT2D eigenvalue weighted by atomic mass is 31.3. The number of anilines is 1. The maximum atomic E-state index is 12.2. The number of phosphoric ester groups is 2. The van der Waals surface area contributed by atoms with E-state index in [0.717, 1.165) is 0 Å². The Morgan fingerprint density at radius 3 is 2.21 bits per heavy atom. The van der Waals surface area contributed by atoms with Gasteiger partial charge in [0.15, 0.2) is 11.2 Å². The lowest BCUT2D eigenvalue weighted by molar-refractivity contribution is -0.0423. The quantitative estimate of drug-likeness (QED) is 0.0822. The molecule has 0 saturated carbocycles. The van der Waals surface area contributed by atoms with E-state index in [1.807, 2.05) is 0 Å². The van der Waals surface area contributed by atoms with Gasteiger partial charge in [-0.15, -0.1) is 0 Å². The molecule has 1 fully saturated rings. The van der Waals surface area contributed by atoms with E-state index < -0.39 is 61.9 Å². The summed E-state index contributed by atoms with van der Waals surface area (Å²) < 4.78 is 75.5. The number of aromatic amines is 1. The highest BCUT2D eigenvalue weighted by molar-refractivity contribution is 7.69. The van der Waals surface area contributed by atoms with Crippen LogP contribution >= 0.6 is 31.3 Å². The zero-order valence-electron chi connectivity index (χ0n) is 21.5. The number of H-pyrrole nitrogens is 1. The summed E-state index contributed by atoms with van der Waals surface area (Å²) >= 11 is 0. The second-order valence-corrected chi connectivity index (χ2v) is 14.9. The van der Waals surface area contributed by atoms with E-state index in [9.17, 15) is 47.7 Å². The molecular weight excluding hydrogens is 656 g/mol. The molecule has 1 aliphatic heterocycles. The molecule has 0 aliphatic carbocycles. The highest BCUT2D eigenvalue weighted by Crippen LogP contribution is 2.71. The number of hydrogen-bond donors (Lipinski definition) is 8. The Labute approximate surface area is 236 Å². The highest BCUT2D eigenvalue weighted by Gasteiger charge is 2.46. The smallest absolute Gasteiger partial charge is 0.390 e. The van der Waals surface area contributed by atoms with E-state index >= 15 is 0 Å². The second-order valence-electron chi connectivity index (χ2n) is 8.66. The van der Waals surface area contributed by atoms with Crippen LogP contribution in [0.3, 0.4) is 0 Å². The predicted octanol–water partition coefficient (Wildman–Crippen LogP) is 0.354. The number of aromatic nitrogens is 4. The van der Waals surface area contributed by atoms with E-state index in [-0.39, 0.29) is 36.6 Å². The van der Waals surface area contributed by atoms with Gasteiger partial charge in [-0.1, -0.05) is 12.8 Å². The molecule has 1 aliphatic rings. The maximum Gasteiger partial charge on any atom is 0.490 e. The molecule has 0 spiro atoms. The number of aliphatic hydroxyl groups is 1. The number of nitrogens with one attached hydrogen (secondary N) is 1. The van der Waals surface area contributed by atoms with Crippen molar-refractivity contribution in [2.45, 2.75) is 50.5 Å². The molecule has 1 saturated heterocycles. The van der Waals surface area contributed by atoms with Crippen LogP contribution in [0.15, 0.2) is 11.1 Å². The first-order valence-corrected chi connectivity index (χ1v) is 17.9. The van der Waals surface area contributed by atoms with Crippen LogP contribution in [0.25, 0.3) is 11.2 Å². The van der Waals surface area contributed by atoms with Crippen molar-refractivity contribution in [3.8, 4) is 0 Å². The fraction of sp³-hybridized carbons (Fsp3) is 0.688. The minimum Gasteiger partial charge on any atom is -0.390 e. The van der Waals surface area contributed by atoms with Gasteiger partial charge in [-0.2, -0.15) is 17.9 Å². The summed E-state index contributed by atoms with van der Waals surface area (Å²) in [5, 5.41) is 10.3. The number of nitrogens with zero attached hydrogens (tertiary/aromatic N) is 3. The first-order chi connectivity index (χ1) is 19.4. The van der Waals surface area contributed by atoms with E-state index in [4.69, 9.17) is 16.2 Å². The Kier molecular flexibility index (Phi) is 11.8. The van der Waals surface area contributed by atoms with Crippen LogP contribution in [0.2, 0.25) is 0 Å². The van der Waals surface area contributed by atoms with E-state index in [2.05, 4.69) is 36.9 Å². The number of ether oxygens (including phenoxy) is 1. The van der Waals surface area contributed by atoms with Crippen LogP contribution in [-0.4, -0.2) is 76.2 Å². The summed E-state index contributed by atoms with van der Waals surface area (Å²) in [5.41, 5.74) is 10.2. The van der Waals surface area contributed by atoms with Crippen LogP contribution in [0.5, 0.6) is 0 Å². The van der Waals surface area contributed by atoms with Gasteiger partial charge in [0.1, 0.15) is 12.3 Å². The number of nitrogens with two attached hydrogens (primary N) is 2. The molecule has 2 aromatic heterocycles. The summed E-state index contributed by atoms with van der Waals surface area (Å²) in [5.74, 6) is -0.220. The van der Waals surface area contributed by atoms with Crippen molar-refractivity contribution < 1.29 is 69.7 Å². The first-order valence-electron chi connectivity index (χ1n) is 11.9. The maximum absolute atomic E-state index is 12.2. The minimum atomic E-state index is -5.98. The number of aliphatic hydroxyl groups excluding tert-OH is 1. The average Bonchev–Trinajstić information content (AvgIpc) is 3.40. The third-order valence-corrected chi connectivity index (χ3v) is 11.3. The molecule has 26 heteroatoms. The molecular formula is C16H30N6O16P4. The normalized spacial score (nSPS) is 25.0. The summed E-state index contributed by atoms with van der Waals surface area (Å²) in [4.78, 5) is 60.7. The zero-order valence-corrected chi connectivity index (χ0v) is 25.1. The fourth-order valence-corrected chi connectivity index (χ4v) is 8.58. The average molecular weight is 686 g/mol. The van der Waals surface area contributed by atoms with Crippen molar-refractivity contribution in [1.29, 1.82) is 0 Å². The zero-order chi connectivity index (χ0) is 31.3. The molecule has 0 bridgehead atoms. The minimum absolute atomic E-state index is 0.0144. The largest absolute Gasteiger partial charge is 0.490 e. The second kappa shape index (κ2) is 14.1. The molecule has 2 aromatic rings. The third kappa shape index (κ3) is 10.3. The standard InChI is InChI=1S/C16H30N6O16P4/c17-5-3-1-2-4-6-33-39(25,26)36-41(29,30)38-42(31,32)37-40(27,28)34-8-11-10(23)7-12(35-11)22-9-19-13-14(22)20-16(18)21-15(13)24/h9-12,23H,1-8,17H2,(H,25,26)(H,27,28)(H,29,30)(H,31,32)(H3,18,20,21,24)/t10-,11-,12-/m1/s1. The summed E-state index contributed by atoms with van der Waals surface area (Å²) in [6.07, 6.45) is -0.450. The van der Waals surface area contributed by atoms with E-state index in [0.29, 0.717) is 25.8 Å². The van der Waals surface area contributed by atoms with Crippen molar-refractivity contribution in [3.63, 3.8) is 0 Å². The topological polar surface area (TPSA) is 340 Å². The van der Waals surface area contributed by atoms with Gasteiger partial charge >= 0.3 is 31.3 Å². The van der Waals surface area contributed by atoms with Crippen LogP contribution < -0.4 is 17.0 Å². The molecule has 3 rings (SSSR count). The van der Waals surface area contributed by atoms with Crippen molar-refractivity contribution in [2.24, 2.45) is 5.73 Å². The summed E-state index contributed by atoms with van der Waals surface area (Å²) in [7, 11) is -22.7. The monoisotopic (exact) mass is 686 g/mol. The van der Waals surface area contributed by atoms with Gasteiger partial charge in [0.2, 0.25) is 5.95 Å². The van der Waals surface area contributed by atoms with Gasteiger partial charge in [-0.05, 0) is 19.4 Å². The van der Waals surface area contributed by atoms with Crippen LogP contribution in [0.1, 0.15) is 38.3 Å². The van der Waals surface area contributed by atoms with Crippen molar-refractivity contribution >= 4 is 48.4 Å². The predicted molar refractivity (Wildman–Crippen MR) is 139 cm³/mol. The molecule has 0 aromatic carbocycles. The Hall–Kier alpha value is -1.41. The Balaban J connectivity index is 1.53. The lowest BCUT2D eigenvalue weighted by Crippen LogP contribution is -2.26. The SMILES string of the molecule is NCCCCCCOP(=O)(O)OP(=O)(O)OP(=O)(O)OP(=O)(O)OC[C@H]1O[C@@H](n2cnc3c(=O)[nH]c(N)nc32)C[C@H]1O. The molecule has 0 amide bonds. The lowest BCUT2D eigenvalue weighted by Gasteiger charge is -2.21. The van der Waals surface area contributed by atoms with Gasteiger partial charge in [0, 0.05) is 6.42 Å². The van der Waals surface area contributed by atoms with E-state index in [1.54, 1.807) is 0 Å². The molecule has 3 heterocycles. The van der Waals surface area contributed by atoms with E-state index in [1.165, 1.54) is 10.9 Å². The van der Waals surface area contributed by atoms with Gasteiger partial charge in [-0.3, -0.25) is 23.4 Å². The third-order valence-electron chi connectivity index (χ3n) is 5.34. The number of fused-ring (bicyclic) bond motifs is 1. The van der Waals surface area contributed by atoms with Gasteiger partial charge in [0.25, 0.3) is 5.56 Å². The van der Waals surface area contributed by atoms with Crippen LogP contribution in [-0.2, 0) is 45.0 Å². The number of rotatable bonds is 17. The molecule has 240 valence electrons. The number of unbranched alkanes of at least 4 members (excludes halogenated alkanes) is 3. The van der Waals surface area contributed by atoms with Gasteiger partial charge < -0.3 is 40.9 Å². The number of hydrogen-bond acceptors (Lipinski definition) is 16. The Morgan fingerprint density at radius 1 is 0.976 bits per heavy atom. The molecule has 10 N–H and O–H groups in total. The molecule has 42 heavy (non-hydrogen) atoms. The number of imidazole rings is 1. The Bertz CT molecular complexity index is 1480. The van der Waals surface area contributed by atoms with Crippen LogP contribution in [0.4, 0.5) is 5.95 Å². The summed E-state index contributed by atoms with van der Waals surface area (Å²) in [6, 6.07) is 0. The number of phosphoric acid groups is 4. The molecule has 0 radical (unpaired) electrons. The molecule has 7 atom stereocenters. The van der Waals surface area contributed by atoms with Crippen molar-refractivity contribution in [1.82, 2.24) is 19.5 Å². The summed E-state index contributed by atoms with van der Waals surface area (Å²) in [6.45, 7) is -0.866. The number of nitrogen functional groups attached to an aromatic ring is 1. The first kappa shape index (κ1) is 35.1. The van der Waals surface area contributed by atoms with Gasteiger partial charge in [-0.25, -0.2) is 23.2 Å². The van der Waals surface area contributed by atoms with Crippen molar-refractivity contribution in [3.05, 3.63) is 16.7 Å². The molecule has 4 unspecified atom stereocenters. The molecule has 22 nitrogen and oxygen atoms in total.